The van der Waals surface area contributed by atoms with Gasteiger partial charge >= 0.3 is 0 Å². The first-order valence-electron chi connectivity index (χ1n) is 5.47. The third kappa shape index (κ3) is 3.47. The van der Waals surface area contributed by atoms with Gasteiger partial charge in [-0.05, 0) is 32.7 Å². The van der Waals surface area contributed by atoms with Gasteiger partial charge in [-0.25, -0.2) is 0 Å². The Morgan fingerprint density at radius 1 is 1.46 bits per heavy atom. The van der Waals surface area contributed by atoms with Gasteiger partial charge in [0.2, 0.25) is 0 Å². The number of hydrogen-bond acceptors (Lipinski definition) is 2. The topological polar surface area (TPSA) is 20.3 Å². The van der Waals surface area contributed by atoms with E-state index in [4.69, 9.17) is 0 Å². The van der Waals surface area contributed by atoms with Crippen molar-refractivity contribution in [3.63, 3.8) is 0 Å². The molecule has 0 bridgehead atoms. The Morgan fingerprint density at radius 2 is 2.23 bits per heavy atom. The van der Waals surface area contributed by atoms with Crippen LogP contribution in [0.3, 0.4) is 0 Å². The lowest BCUT2D eigenvalue weighted by Crippen LogP contribution is -2.40. The molecule has 1 aliphatic rings. The molecular formula is C11H21NO. The Balaban J connectivity index is 2.31. The first-order chi connectivity index (χ1) is 6.24. The third-order valence-corrected chi connectivity index (χ3v) is 2.97. The van der Waals surface area contributed by atoms with Crippen LogP contribution in [-0.4, -0.2) is 29.8 Å². The van der Waals surface area contributed by atoms with Crippen molar-refractivity contribution in [2.75, 3.05) is 13.1 Å². The number of likely N-dealkylation sites (tertiary alicyclic amines) is 1. The second-order valence-corrected chi connectivity index (χ2v) is 4.05. The van der Waals surface area contributed by atoms with Crippen LogP contribution < -0.4 is 0 Å². The minimum Gasteiger partial charge on any atom is -0.300 e. The smallest absolute Gasteiger partial charge is 0.131 e. The van der Waals surface area contributed by atoms with E-state index in [0.717, 1.165) is 19.0 Å². The van der Waals surface area contributed by atoms with E-state index in [9.17, 15) is 4.79 Å². The summed E-state index contributed by atoms with van der Waals surface area (Å²) in [5.41, 5.74) is 0. The number of nitrogens with zero attached hydrogens (tertiary/aromatic N) is 1. The van der Waals surface area contributed by atoms with E-state index in [1.165, 1.54) is 32.2 Å². The molecule has 0 aromatic rings. The lowest BCUT2D eigenvalue weighted by molar-refractivity contribution is -0.117. The zero-order chi connectivity index (χ0) is 9.68. The van der Waals surface area contributed by atoms with E-state index in [-0.39, 0.29) is 0 Å². The van der Waals surface area contributed by atoms with E-state index in [1.54, 1.807) is 6.92 Å². The molecule has 1 rings (SSSR count). The molecule has 0 aromatic heterocycles. The highest BCUT2D eigenvalue weighted by Gasteiger charge is 2.20. The predicted molar refractivity (Wildman–Crippen MR) is 54.8 cm³/mol. The average Bonchev–Trinajstić information content (AvgIpc) is 2.15. The standard InChI is InChI=1S/C11H21NO/c1-3-11-6-4-5-8-12(11)9-7-10(2)13/h11H,3-9H2,1-2H3. The van der Waals surface area contributed by atoms with Crippen molar-refractivity contribution in [2.24, 2.45) is 0 Å². The van der Waals surface area contributed by atoms with Gasteiger partial charge in [0.1, 0.15) is 5.78 Å². The molecule has 1 aliphatic heterocycles. The second-order valence-electron chi connectivity index (χ2n) is 4.05. The van der Waals surface area contributed by atoms with Gasteiger partial charge in [-0.3, -0.25) is 9.69 Å². The summed E-state index contributed by atoms with van der Waals surface area (Å²) in [6.45, 7) is 6.11. The number of carbonyl (C=O) groups is 1. The molecule has 1 unspecified atom stereocenters. The monoisotopic (exact) mass is 183 g/mol. The van der Waals surface area contributed by atoms with Crippen molar-refractivity contribution in [2.45, 2.75) is 52.0 Å². The van der Waals surface area contributed by atoms with Crippen molar-refractivity contribution in [1.82, 2.24) is 4.90 Å². The lowest BCUT2D eigenvalue weighted by Gasteiger charge is -2.34. The maximum Gasteiger partial charge on any atom is 0.131 e. The van der Waals surface area contributed by atoms with Crippen molar-refractivity contribution in [1.29, 1.82) is 0 Å². The van der Waals surface area contributed by atoms with Crippen molar-refractivity contribution in [3.05, 3.63) is 0 Å². The van der Waals surface area contributed by atoms with Crippen LogP contribution in [0.4, 0.5) is 0 Å². The van der Waals surface area contributed by atoms with E-state index in [1.807, 2.05) is 0 Å². The first-order valence-corrected chi connectivity index (χ1v) is 5.47. The molecule has 1 atom stereocenters. The number of carbonyl (C=O) groups excluding carboxylic acids is 1. The van der Waals surface area contributed by atoms with E-state index < -0.39 is 0 Å². The van der Waals surface area contributed by atoms with Gasteiger partial charge < -0.3 is 0 Å². The minimum absolute atomic E-state index is 0.320. The summed E-state index contributed by atoms with van der Waals surface area (Å²) in [5.74, 6) is 0.320. The second kappa shape index (κ2) is 5.38. The fourth-order valence-electron chi connectivity index (χ4n) is 2.12. The summed E-state index contributed by atoms with van der Waals surface area (Å²) in [6.07, 6.45) is 5.98. The Bertz CT molecular complexity index is 167. The normalized spacial score (nSPS) is 24.6. The summed E-state index contributed by atoms with van der Waals surface area (Å²) >= 11 is 0. The van der Waals surface area contributed by atoms with E-state index in [0.29, 0.717) is 5.78 Å². The average molecular weight is 183 g/mol. The molecule has 0 spiro atoms. The summed E-state index contributed by atoms with van der Waals surface area (Å²) in [4.78, 5) is 13.3. The molecule has 0 saturated carbocycles. The van der Waals surface area contributed by atoms with Crippen molar-refractivity contribution < 1.29 is 4.79 Å². The van der Waals surface area contributed by atoms with Gasteiger partial charge in [-0.2, -0.15) is 0 Å². The Morgan fingerprint density at radius 3 is 2.85 bits per heavy atom. The van der Waals surface area contributed by atoms with Crippen LogP contribution in [-0.2, 0) is 4.79 Å². The highest BCUT2D eigenvalue weighted by Crippen LogP contribution is 2.19. The predicted octanol–water partition coefficient (Wildman–Crippen LogP) is 2.23. The van der Waals surface area contributed by atoms with Crippen molar-refractivity contribution in [3.8, 4) is 0 Å². The number of hydrogen-bond donors (Lipinski definition) is 0. The molecule has 0 N–H and O–H groups in total. The molecule has 0 aliphatic carbocycles. The highest BCUT2D eigenvalue weighted by atomic mass is 16.1. The molecule has 0 radical (unpaired) electrons. The molecule has 1 saturated heterocycles. The highest BCUT2D eigenvalue weighted by molar-refractivity contribution is 5.75. The Kier molecular flexibility index (Phi) is 4.43. The number of ketones is 1. The quantitative estimate of drug-likeness (QED) is 0.666. The van der Waals surface area contributed by atoms with Crippen LogP contribution in [0, 0.1) is 0 Å². The molecular weight excluding hydrogens is 162 g/mol. The Hall–Kier alpha value is -0.370. The third-order valence-electron chi connectivity index (χ3n) is 2.97. The number of Topliss-reactive ketones (excluding diaryl/α,β-unsaturated/α-hetero) is 1. The molecule has 1 fully saturated rings. The van der Waals surface area contributed by atoms with Gasteiger partial charge in [0, 0.05) is 19.0 Å². The van der Waals surface area contributed by atoms with Gasteiger partial charge in [0.15, 0.2) is 0 Å². The van der Waals surface area contributed by atoms with Crippen molar-refractivity contribution >= 4 is 5.78 Å². The van der Waals surface area contributed by atoms with Crippen LogP contribution in [0.2, 0.25) is 0 Å². The van der Waals surface area contributed by atoms with Gasteiger partial charge in [-0.1, -0.05) is 13.3 Å². The van der Waals surface area contributed by atoms with Crippen LogP contribution in [0.1, 0.15) is 46.0 Å². The van der Waals surface area contributed by atoms with Crippen LogP contribution >= 0.6 is 0 Å². The SMILES string of the molecule is CCC1CCCCN1CCC(C)=O. The molecule has 2 nitrogen and oxygen atoms in total. The zero-order valence-corrected chi connectivity index (χ0v) is 8.88. The zero-order valence-electron chi connectivity index (χ0n) is 8.88. The summed E-state index contributed by atoms with van der Waals surface area (Å²) < 4.78 is 0. The molecule has 0 aromatic carbocycles. The molecule has 1 heterocycles. The summed E-state index contributed by atoms with van der Waals surface area (Å²) in [6, 6.07) is 0.744. The number of piperidine rings is 1. The minimum atomic E-state index is 0.320. The number of rotatable bonds is 4. The van der Waals surface area contributed by atoms with E-state index in [2.05, 4.69) is 11.8 Å². The summed E-state index contributed by atoms with van der Waals surface area (Å²) in [7, 11) is 0. The van der Waals surface area contributed by atoms with Crippen LogP contribution in [0.5, 0.6) is 0 Å². The fraction of sp³-hybridized carbons (Fsp3) is 0.909. The molecule has 13 heavy (non-hydrogen) atoms. The molecule has 2 heteroatoms. The summed E-state index contributed by atoms with van der Waals surface area (Å²) in [5, 5.41) is 0. The van der Waals surface area contributed by atoms with E-state index >= 15 is 0 Å². The fourth-order valence-corrected chi connectivity index (χ4v) is 2.12. The molecule has 0 amide bonds. The maximum atomic E-state index is 10.9. The Labute approximate surface area is 81.3 Å². The largest absolute Gasteiger partial charge is 0.300 e. The van der Waals surface area contributed by atoms with Crippen LogP contribution in [0.15, 0.2) is 0 Å². The lowest BCUT2D eigenvalue weighted by atomic mass is 10.00. The van der Waals surface area contributed by atoms with Gasteiger partial charge in [-0.15, -0.1) is 0 Å². The van der Waals surface area contributed by atoms with Crippen LogP contribution in [0.25, 0.3) is 0 Å². The maximum absolute atomic E-state index is 10.9. The van der Waals surface area contributed by atoms with Gasteiger partial charge in [0.25, 0.3) is 0 Å². The van der Waals surface area contributed by atoms with Gasteiger partial charge in [0.05, 0.1) is 0 Å². The first kappa shape index (κ1) is 10.7. The molecule has 76 valence electrons.